The zero-order valence-corrected chi connectivity index (χ0v) is 17.3. The van der Waals surface area contributed by atoms with Crippen molar-refractivity contribution in [3.8, 4) is 0 Å². The number of carbonyl (C=O) groups is 3. The summed E-state index contributed by atoms with van der Waals surface area (Å²) >= 11 is 0. The Balaban J connectivity index is 1.48. The van der Waals surface area contributed by atoms with Crippen LogP contribution in [0.5, 0.6) is 0 Å². The van der Waals surface area contributed by atoms with Gasteiger partial charge in [-0.05, 0) is 39.0 Å². The van der Waals surface area contributed by atoms with Crippen molar-refractivity contribution in [1.29, 1.82) is 0 Å². The molecule has 1 atom stereocenters. The summed E-state index contributed by atoms with van der Waals surface area (Å²) in [5.74, 6) is -1.45. The number of aryl methyl sites for hydroxylation is 1. The summed E-state index contributed by atoms with van der Waals surface area (Å²) in [6.07, 6.45) is 9.79. The molecule has 0 radical (unpaired) electrons. The van der Waals surface area contributed by atoms with Crippen molar-refractivity contribution in [2.45, 2.75) is 77.2 Å². The normalized spacial score (nSPS) is 22.4. The third-order valence-corrected chi connectivity index (χ3v) is 5.99. The Morgan fingerprint density at radius 2 is 1.73 bits per heavy atom. The second-order valence-corrected chi connectivity index (χ2v) is 8.35. The van der Waals surface area contributed by atoms with E-state index in [2.05, 4.69) is 25.7 Å². The molecule has 30 heavy (non-hydrogen) atoms. The second-order valence-electron chi connectivity index (χ2n) is 8.35. The first kappa shape index (κ1) is 20.4. The molecule has 2 N–H and O–H groups in total. The van der Waals surface area contributed by atoms with E-state index in [1.807, 2.05) is 0 Å². The number of aliphatic imine (C=N–C) groups is 2. The molecule has 0 aromatic carbocycles. The van der Waals surface area contributed by atoms with Gasteiger partial charge in [-0.2, -0.15) is 14.8 Å². The molecular formula is C21H28N6O3. The number of hydrogen-bond donors (Lipinski definition) is 2. The third-order valence-electron chi connectivity index (χ3n) is 5.99. The summed E-state index contributed by atoms with van der Waals surface area (Å²) in [4.78, 5) is 46.0. The van der Waals surface area contributed by atoms with Gasteiger partial charge >= 0.3 is 11.8 Å². The molecule has 1 aromatic rings. The van der Waals surface area contributed by atoms with E-state index < -0.39 is 11.8 Å². The quantitative estimate of drug-likeness (QED) is 0.572. The average Bonchev–Trinajstić information content (AvgIpc) is 2.92. The van der Waals surface area contributed by atoms with Gasteiger partial charge < -0.3 is 10.6 Å². The minimum Gasteiger partial charge on any atom is -0.345 e. The van der Waals surface area contributed by atoms with Crippen LogP contribution in [0.2, 0.25) is 0 Å². The number of carbonyl (C=O) groups excluding carboxylic acids is 3. The molecule has 3 amide bonds. The number of nitrogens with one attached hydrogen (secondary N) is 2. The predicted molar refractivity (Wildman–Crippen MR) is 112 cm³/mol. The number of nitrogens with zero attached hydrogens (tertiary/aromatic N) is 4. The fourth-order valence-electron chi connectivity index (χ4n) is 4.41. The van der Waals surface area contributed by atoms with E-state index in [0.29, 0.717) is 5.69 Å². The van der Waals surface area contributed by atoms with Gasteiger partial charge in [0.1, 0.15) is 5.82 Å². The Bertz CT molecular complexity index is 908. The van der Waals surface area contributed by atoms with Crippen LogP contribution in [-0.2, 0) is 14.4 Å². The number of amides is 3. The molecule has 2 heterocycles. The maximum absolute atomic E-state index is 12.5. The van der Waals surface area contributed by atoms with Crippen molar-refractivity contribution < 1.29 is 14.4 Å². The lowest BCUT2D eigenvalue weighted by Crippen LogP contribution is -2.42. The van der Waals surface area contributed by atoms with Crippen molar-refractivity contribution in [2.75, 3.05) is 5.32 Å². The summed E-state index contributed by atoms with van der Waals surface area (Å²) in [6, 6.07) is 1.67. The molecule has 160 valence electrons. The highest BCUT2D eigenvalue weighted by molar-refractivity contribution is 6.39. The van der Waals surface area contributed by atoms with Crippen LogP contribution >= 0.6 is 0 Å². The maximum Gasteiger partial charge on any atom is 0.314 e. The molecule has 1 aromatic heterocycles. The Morgan fingerprint density at radius 1 is 1.00 bits per heavy atom. The van der Waals surface area contributed by atoms with E-state index in [4.69, 9.17) is 0 Å². The minimum atomic E-state index is -0.758. The van der Waals surface area contributed by atoms with Crippen molar-refractivity contribution in [3.05, 3.63) is 11.8 Å². The van der Waals surface area contributed by atoms with E-state index >= 15 is 0 Å². The molecule has 2 fully saturated rings. The first-order valence-electron chi connectivity index (χ1n) is 10.9. The predicted octanol–water partition coefficient (Wildman–Crippen LogP) is 2.34. The van der Waals surface area contributed by atoms with Crippen LogP contribution in [0.3, 0.4) is 0 Å². The molecule has 9 nitrogen and oxygen atoms in total. The van der Waals surface area contributed by atoms with Gasteiger partial charge in [-0.1, -0.05) is 32.1 Å². The van der Waals surface area contributed by atoms with Gasteiger partial charge in [0.15, 0.2) is 0 Å². The fraction of sp³-hybridized carbons (Fsp3) is 0.619. The highest BCUT2D eigenvalue weighted by Crippen LogP contribution is 2.26. The highest BCUT2D eigenvalue weighted by Gasteiger charge is 2.32. The molecule has 1 aliphatic heterocycles. The van der Waals surface area contributed by atoms with E-state index in [1.54, 1.807) is 13.0 Å². The number of anilines is 1. The minimum absolute atomic E-state index is 0.0346. The summed E-state index contributed by atoms with van der Waals surface area (Å²) in [7, 11) is 0. The Labute approximate surface area is 175 Å². The van der Waals surface area contributed by atoms with Gasteiger partial charge in [0.05, 0.1) is 11.6 Å². The molecule has 0 spiro atoms. The molecule has 3 aliphatic rings. The lowest BCUT2D eigenvalue weighted by Gasteiger charge is -2.24. The topological polar surface area (TPSA) is 118 Å². The number of fused-ring (bicyclic) bond motifs is 1. The molecule has 2 saturated carbocycles. The van der Waals surface area contributed by atoms with E-state index in [1.165, 1.54) is 17.5 Å². The summed E-state index contributed by atoms with van der Waals surface area (Å²) in [5.41, 5.74) is 1.45. The first-order chi connectivity index (χ1) is 14.5. The zero-order chi connectivity index (χ0) is 21.1. The summed E-state index contributed by atoms with van der Waals surface area (Å²) in [6.45, 7) is 1.76. The smallest absolute Gasteiger partial charge is 0.314 e. The van der Waals surface area contributed by atoms with Gasteiger partial charge in [0, 0.05) is 17.8 Å². The van der Waals surface area contributed by atoms with E-state index in [-0.39, 0.29) is 29.6 Å². The van der Waals surface area contributed by atoms with Gasteiger partial charge in [0.25, 0.3) is 11.9 Å². The van der Waals surface area contributed by atoms with Gasteiger partial charge in [-0.15, -0.1) is 0 Å². The summed E-state index contributed by atoms with van der Waals surface area (Å²) in [5, 5.41) is 9.77. The molecule has 1 unspecified atom stereocenters. The van der Waals surface area contributed by atoms with Crippen LogP contribution in [0.4, 0.5) is 5.82 Å². The van der Waals surface area contributed by atoms with Gasteiger partial charge in [-0.25, -0.2) is 4.99 Å². The highest BCUT2D eigenvalue weighted by atomic mass is 16.2. The Kier molecular flexibility index (Phi) is 6.06. The zero-order valence-electron chi connectivity index (χ0n) is 17.3. The number of hydrogen-bond acceptors (Lipinski definition) is 5. The van der Waals surface area contributed by atoms with Crippen LogP contribution in [-0.4, -0.2) is 45.2 Å². The van der Waals surface area contributed by atoms with Crippen LogP contribution in [0.25, 0.3) is 0 Å². The van der Waals surface area contributed by atoms with Crippen LogP contribution in [0.1, 0.15) is 69.9 Å². The molecule has 4 rings (SSSR count). The fourth-order valence-corrected chi connectivity index (χ4v) is 4.41. The molecule has 0 bridgehead atoms. The Morgan fingerprint density at radius 3 is 2.50 bits per heavy atom. The van der Waals surface area contributed by atoms with Crippen molar-refractivity contribution in [3.63, 3.8) is 0 Å². The monoisotopic (exact) mass is 412 g/mol. The summed E-state index contributed by atoms with van der Waals surface area (Å²) < 4.78 is 1.34. The molecular weight excluding hydrogens is 384 g/mol. The number of rotatable bonds is 2. The largest absolute Gasteiger partial charge is 0.345 e. The van der Waals surface area contributed by atoms with Crippen molar-refractivity contribution in [1.82, 2.24) is 15.1 Å². The number of aromatic nitrogens is 2. The van der Waals surface area contributed by atoms with Crippen LogP contribution in [0.15, 0.2) is 16.1 Å². The van der Waals surface area contributed by atoms with Gasteiger partial charge in [0.2, 0.25) is 0 Å². The van der Waals surface area contributed by atoms with Crippen molar-refractivity contribution >= 4 is 35.2 Å². The molecule has 0 saturated heterocycles. The Hall–Kier alpha value is -2.84. The standard InChI is InChI=1S/C21H28N6O3/c1-13-12-17(24-20(30)19(29)22-14-8-4-2-3-5-9-14)27(26-13)21-23-16-11-7-6-10-15(16)18(28)25-21/h12,14-15H,2-11H2,1H3,(H,22,29)(H,24,30). The van der Waals surface area contributed by atoms with Crippen molar-refractivity contribution in [2.24, 2.45) is 15.9 Å². The lowest BCUT2D eigenvalue weighted by atomic mass is 9.86. The van der Waals surface area contributed by atoms with Gasteiger partial charge in [-0.3, -0.25) is 14.4 Å². The average molecular weight is 412 g/mol. The maximum atomic E-state index is 12.5. The van der Waals surface area contributed by atoms with E-state index in [9.17, 15) is 14.4 Å². The van der Waals surface area contributed by atoms with Crippen LogP contribution in [0, 0.1) is 12.8 Å². The second kappa shape index (κ2) is 8.89. The molecule has 9 heteroatoms. The third kappa shape index (κ3) is 4.49. The SMILES string of the molecule is Cc1cc(NC(=O)C(=O)NC2CCCCCC2)n(C2=NC(=O)C3CCCCC3=N2)n1. The van der Waals surface area contributed by atoms with Crippen LogP contribution < -0.4 is 10.6 Å². The first-order valence-corrected chi connectivity index (χ1v) is 10.9. The molecule has 2 aliphatic carbocycles. The lowest BCUT2D eigenvalue weighted by molar-refractivity contribution is -0.136. The van der Waals surface area contributed by atoms with E-state index in [0.717, 1.165) is 57.1 Å².